The van der Waals surface area contributed by atoms with E-state index in [0.717, 1.165) is 41.5 Å². The van der Waals surface area contributed by atoms with Crippen molar-refractivity contribution in [3.63, 3.8) is 0 Å². The predicted octanol–water partition coefficient (Wildman–Crippen LogP) is 4.96. The standard InChI is InChI=1S/C27H30N6OS2/c1-33(2)16-15-28-18-19-7-6-10-21(17-19)30-27-29-14-13-22(31-27)23-11-12-24(36-23)25(34)32-26(35)20-8-4-3-5-9-20/h3-14,17,26,28,35H,15-16,18H2,1-2H3,(H,32,34)(H,29,30,31)/t26-/m1/s1. The molecular formula is C27H30N6OS2. The van der Waals surface area contributed by atoms with Crippen molar-refractivity contribution in [1.82, 2.24) is 25.5 Å². The van der Waals surface area contributed by atoms with Gasteiger partial charge in [-0.1, -0.05) is 42.5 Å². The SMILES string of the molecule is CN(C)CCNCc1cccc(Nc2nccc(-c3ccc(C(=O)N[C@H](S)c4ccccc4)s3)n2)c1. The topological polar surface area (TPSA) is 82.2 Å². The molecule has 2 aromatic heterocycles. The van der Waals surface area contributed by atoms with E-state index in [1.54, 1.807) is 6.20 Å². The summed E-state index contributed by atoms with van der Waals surface area (Å²) < 4.78 is 0. The molecule has 36 heavy (non-hydrogen) atoms. The normalized spacial score (nSPS) is 11.9. The van der Waals surface area contributed by atoms with Gasteiger partial charge in [0.2, 0.25) is 5.95 Å². The highest BCUT2D eigenvalue weighted by molar-refractivity contribution is 7.80. The molecule has 4 rings (SSSR count). The van der Waals surface area contributed by atoms with E-state index >= 15 is 0 Å². The van der Waals surface area contributed by atoms with Gasteiger partial charge in [-0.3, -0.25) is 4.79 Å². The number of thiol groups is 1. The number of amides is 1. The minimum atomic E-state index is -0.377. The zero-order valence-corrected chi connectivity index (χ0v) is 22.0. The summed E-state index contributed by atoms with van der Waals surface area (Å²) in [5.41, 5.74) is 3.79. The Morgan fingerprint density at radius 2 is 1.89 bits per heavy atom. The molecule has 0 aliphatic heterocycles. The third-order valence-electron chi connectivity index (χ3n) is 5.37. The van der Waals surface area contributed by atoms with Crippen LogP contribution in [0.3, 0.4) is 0 Å². The lowest BCUT2D eigenvalue weighted by Crippen LogP contribution is -2.26. The van der Waals surface area contributed by atoms with Crippen molar-refractivity contribution in [2.45, 2.75) is 11.9 Å². The molecule has 2 aromatic carbocycles. The number of nitrogens with zero attached hydrogens (tertiary/aromatic N) is 3. The van der Waals surface area contributed by atoms with Gasteiger partial charge in [0, 0.05) is 31.5 Å². The number of benzene rings is 2. The number of hydrogen-bond donors (Lipinski definition) is 4. The molecule has 0 aliphatic rings. The number of rotatable bonds is 11. The van der Waals surface area contributed by atoms with Crippen LogP contribution in [0.15, 0.2) is 79.0 Å². The second-order valence-corrected chi connectivity index (χ2v) is 10.1. The maximum atomic E-state index is 12.7. The molecule has 1 amide bonds. The first kappa shape index (κ1) is 25.8. The first-order valence-electron chi connectivity index (χ1n) is 11.7. The molecule has 2 heterocycles. The number of likely N-dealkylation sites (N-methyl/N-ethyl adjacent to an activating group) is 1. The molecule has 9 heteroatoms. The summed E-state index contributed by atoms with van der Waals surface area (Å²) in [7, 11) is 4.13. The van der Waals surface area contributed by atoms with E-state index in [9.17, 15) is 4.79 Å². The van der Waals surface area contributed by atoms with E-state index in [1.807, 2.05) is 60.7 Å². The van der Waals surface area contributed by atoms with Crippen molar-refractivity contribution >= 4 is 41.5 Å². The fourth-order valence-corrected chi connectivity index (χ4v) is 4.66. The van der Waals surface area contributed by atoms with E-state index in [4.69, 9.17) is 0 Å². The van der Waals surface area contributed by atoms with E-state index in [0.29, 0.717) is 10.8 Å². The van der Waals surface area contributed by atoms with Gasteiger partial charge in [-0.25, -0.2) is 9.97 Å². The summed E-state index contributed by atoms with van der Waals surface area (Å²) in [5, 5.41) is 9.30. The van der Waals surface area contributed by atoms with E-state index < -0.39 is 0 Å². The monoisotopic (exact) mass is 518 g/mol. The molecule has 0 unspecified atom stereocenters. The first-order chi connectivity index (χ1) is 17.5. The molecular weight excluding hydrogens is 488 g/mol. The highest BCUT2D eigenvalue weighted by Crippen LogP contribution is 2.28. The Morgan fingerprint density at radius 1 is 1.06 bits per heavy atom. The van der Waals surface area contributed by atoms with Crippen LogP contribution < -0.4 is 16.0 Å². The molecule has 186 valence electrons. The predicted molar refractivity (Wildman–Crippen MR) is 151 cm³/mol. The van der Waals surface area contributed by atoms with Crippen LogP contribution in [-0.4, -0.2) is 48.0 Å². The molecule has 0 spiro atoms. The zero-order chi connectivity index (χ0) is 25.3. The Bertz CT molecular complexity index is 1280. The largest absolute Gasteiger partial charge is 0.336 e. The van der Waals surface area contributed by atoms with Crippen LogP contribution in [0.25, 0.3) is 10.6 Å². The fraction of sp³-hybridized carbons (Fsp3) is 0.222. The summed E-state index contributed by atoms with van der Waals surface area (Å²) in [6.45, 7) is 2.71. The van der Waals surface area contributed by atoms with Gasteiger partial charge < -0.3 is 20.9 Å². The first-order valence-corrected chi connectivity index (χ1v) is 13.0. The fourth-order valence-electron chi connectivity index (χ4n) is 3.49. The van der Waals surface area contributed by atoms with Crippen LogP contribution in [0.1, 0.15) is 26.2 Å². The van der Waals surface area contributed by atoms with Crippen LogP contribution in [0.5, 0.6) is 0 Å². The van der Waals surface area contributed by atoms with Crippen LogP contribution in [-0.2, 0) is 6.54 Å². The van der Waals surface area contributed by atoms with Crippen molar-refractivity contribution in [3.05, 3.63) is 95.0 Å². The minimum Gasteiger partial charge on any atom is -0.336 e. The zero-order valence-electron chi connectivity index (χ0n) is 20.3. The van der Waals surface area contributed by atoms with Crippen molar-refractivity contribution < 1.29 is 4.79 Å². The Kier molecular flexibility index (Phi) is 9.07. The number of carbonyl (C=O) groups is 1. The molecule has 1 atom stereocenters. The van der Waals surface area contributed by atoms with Crippen molar-refractivity contribution in [2.75, 3.05) is 32.5 Å². The molecule has 3 N–H and O–H groups in total. The van der Waals surface area contributed by atoms with E-state index in [-0.39, 0.29) is 11.3 Å². The Hall–Kier alpha value is -3.24. The quantitative estimate of drug-likeness (QED) is 0.128. The lowest BCUT2D eigenvalue weighted by Gasteiger charge is -2.12. The smallest absolute Gasteiger partial charge is 0.262 e. The summed E-state index contributed by atoms with van der Waals surface area (Å²) in [6, 6.07) is 23.4. The number of thiophene rings is 1. The summed E-state index contributed by atoms with van der Waals surface area (Å²) in [5.74, 6) is 0.336. The van der Waals surface area contributed by atoms with Crippen LogP contribution in [0.2, 0.25) is 0 Å². The molecule has 0 fully saturated rings. The second kappa shape index (κ2) is 12.6. The third-order valence-corrected chi connectivity index (χ3v) is 6.90. The number of aromatic nitrogens is 2. The molecule has 7 nitrogen and oxygen atoms in total. The lowest BCUT2D eigenvalue weighted by atomic mass is 10.2. The van der Waals surface area contributed by atoms with Crippen molar-refractivity contribution in [2.24, 2.45) is 0 Å². The Balaban J connectivity index is 1.38. The highest BCUT2D eigenvalue weighted by Gasteiger charge is 2.15. The maximum Gasteiger partial charge on any atom is 0.262 e. The Labute approximate surface area is 221 Å². The van der Waals surface area contributed by atoms with E-state index in [1.165, 1.54) is 16.9 Å². The second-order valence-electron chi connectivity index (χ2n) is 8.52. The average molecular weight is 519 g/mol. The van der Waals surface area contributed by atoms with Gasteiger partial charge in [-0.15, -0.1) is 24.0 Å². The van der Waals surface area contributed by atoms with Crippen molar-refractivity contribution in [3.8, 4) is 10.6 Å². The summed E-state index contributed by atoms with van der Waals surface area (Å²) >= 11 is 5.91. The van der Waals surface area contributed by atoms with Gasteiger partial charge in [-0.2, -0.15) is 0 Å². The van der Waals surface area contributed by atoms with Crippen molar-refractivity contribution in [1.29, 1.82) is 0 Å². The average Bonchev–Trinajstić information content (AvgIpc) is 3.38. The molecule has 4 aromatic rings. The molecule has 0 saturated carbocycles. The van der Waals surface area contributed by atoms with Gasteiger partial charge in [0.15, 0.2) is 0 Å². The molecule has 0 aliphatic carbocycles. The minimum absolute atomic E-state index is 0.168. The van der Waals surface area contributed by atoms with Gasteiger partial charge in [0.1, 0.15) is 0 Å². The van der Waals surface area contributed by atoms with Gasteiger partial charge in [0.05, 0.1) is 20.8 Å². The highest BCUT2D eigenvalue weighted by atomic mass is 32.1. The maximum absolute atomic E-state index is 12.7. The number of hydrogen-bond acceptors (Lipinski definition) is 8. The number of nitrogens with one attached hydrogen (secondary N) is 3. The third kappa shape index (κ3) is 7.38. The van der Waals surface area contributed by atoms with Gasteiger partial charge in [-0.05, 0) is 55.6 Å². The molecule has 0 bridgehead atoms. The van der Waals surface area contributed by atoms with Gasteiger partial charge >= 0.3 is 0 Å². The van der Waals surface area contributed by atoms with Gasteiger partial charge in [0.25, 0.3) is 5.91 Å². The van der Waals surface area contributed by atoms with Crippen LogP contribution in [0, 0.1) is 0 Å². The summed E-state index contributed by atoms with van der Waals surface area (Å²) in [4.78, 5) is 25.4. The summed E-state index contributed by atoms with van der Waals surface area (Å²) in [6.07, 6.45) is 1.72. The van der Waals surface area contributed by atoms with Crippen LogP contribution >= 0.6 is 24.0 Å². The Morgan fingerprint density at radius 3 is 2.69 bits per heavy atom. The van der Waals surface area contributed by atoms with Crippen LogP contribution in [0.4, 0.5) is 11.6 Å². The van der Waals surface area contributed by atoms with E-state index in [2.05, 4.69) is 69.7 Å². The molecule has 0 radical (unpaired) electrons. The number of carbonyl (C=O) groups excluding carboxylic acids is 1. The lowest BCUT2D eigenvalue weighted by molar-refractivity contribution is 0.0954. The number of anilines is 2. The molecule has 0 saturated heterocycles.